The average molecular weight is 1160 g/mol. The maximum atomic E-state index is 9.50. The Morgan fingerprint density at radius 2 is 1.34 bits per heavy atom. The van der Waals surface area contributed by atoms with Crippen LogP contribution in [0.5, 0.6) is 0 Å². The minimum atomic E-state index is -1.60. The number of fused-ring (bicyclic) bond motifs is 7. The van der Waals surface area contributed by atoms with Crippen LogP contribution in [0, 0.1) is 51.2 Å². The van der Waals surface area contributed by atoms with Gasteiger partial charge in [0.2, 0.25) is 5.71 Å². The summed E-state index contributed by atoms with van der Waals surface area (Å²) in [6, 6.07) is 59.1. The topological polar surface area (TPSA) is 93.4 Å². The van der Waals surface area contributed by atoms with Gasteiger partial charge in [-0.3, -0.25) is 9.97 Å². The van der Waals surface area contributed by atoms with E-state index in [0.29, 0.717) is 11.3 Å². The third-order valence-electron chi connectivity index (χ3n) is 14.0. The first-order valence-electron chi connectivity index (χ1n) is 24.9. The number of hydrogen-bond donors (Lipinski definition) is 0. The first-order valence-corrected chi connectivity index (χ1v) is 28.4. The van der Waals surface area contributed by atoms with Crippen LogP contribution in [0.3, 0.4) is 0 Å². The molecule has 0 saturated heterocycles. The number of hydrogen-bond acceptors (Lipinski definition) is 6. The van der Waals surface area contributed by atoms with E-state index in [-0.39, 0.29) is 26.0 Å². The van der Waals surface area contributed by atoms with Crippen molar-refractivity contribution in [3.63, 3.8) is 0 Å². The molecule has 0 aliphatic rings. The Kier molecular flexibility index (Phi) is 13.3. The fourth-order valence-electron chi connectivity index (χ4n) is 10.6. The van der Waals surface area contributed by atoms with Gasteiger partial charge in [-0.05, 0) is 106 Å². The van der Waals surface area contributed by atoms with Crippen molar-refractivity contribution in [2.45, 2.75) is 67.1 Å². The fraction of sp³-hybridized carbons (Fsp3) is 0.154. The van der Waals surface area contributed by atoms with Crippen LogP contribution < -0.4 is 5.19 Å². The van der Waals surface area contributed by atoms with Gasteiger partial charge >= 0.3 is 0 Å². The molecular weight excluding hydrogens is 1100 g/mol. The molecule has 12 aromatic rings. The Morgan fingerprint density at radius 1 is 0.649 bits per heavy atom. The van der Waals surface area contributed by atoms with Crippen molar-refractivity contribution in [1.82, 2.24) is 24.5 Å². The van der Waals surface area contributed by atoms with Gasteiger partial charge in [0.15, 0.2) is 0 Å². The molecule has 9 heteroatoms. The van der Waals surface area contributed by atoms with Crippen LogP contribution in [0.2, 0.25) is 19.6 Å². The number of benzene rings is 7. The van der Waals surface area contributed by atoms with Gasteiger partial charge < -0.3 is 14.0 Å². The average Bonchev–Trinajstić information content (AvgIpc) is 3.98. The van der Waals surface area contributed by atoms with Crippen LogP contribution in [-0.4, -0.2) is 32.6 Å². The van der Waals surface area contributed by atoms with Crippen LogP contribution in [-0.2, 0) is 20.1 Å². The molecule has 5 heterocycles. The number of nitriles is 1. The molecule has 0 N–H and O–H groups in total. The molecule has 0 unspecified atom stereocenters. The largest absolute Gasteiger partial charge is 0.486 e. The van der Waals surface area contributed by atoms with Crippen LogP contribution in [0.1, 0.15) is 53.3 Å². The molecule has 0 aliphatic heterocycles. The van der Waals surface area contributed by atoms with E-state index in [1.807, 2.05) is 67.8 Å². The number of aryl methyl sites for hydroxylation is 4. The molecule has 1 radical (unpaired) electrons. The predicted molar refractivity (Wildman–Crippen MR) is 303 cm³/mol. The fourth-order valence-corrected chi connectivity index (χ4v) is 12.1. The summed E-state index contributed by atoms with van der Waals surface area (Å²) in [5, 5.41) is 17.6. The van der Waals surface area contributed by atoms with E-state index in [1.54, 1.807) is 0 Å². The number of rotatable bonds is 7. The number of pyridine rings is 3. The maximum absolute atomic E-state index is 9.50. The summed E-state index contributed by atoms with van der Waals surface area (Å²) in [6.45, 7) is 19.8. The summed E-state index contributed by atoms with van der Waals surface area (Å²) in [6.07, 6.45) is 3.95. The van der Waals surface area contributed by atoms with E-state index in [2.05, 4.69) is 179 Å². The SMILES string of the molecule is C[Si](C)(C)c1cnc(-c2[c-]cccc2)cc1-c1ccccc1C#N.Cc1cc2nc(-c3[c-]cc(C)c4c3oc3nc(-c5c(C)cccc5C)ccc34)n(-c3c(C(C)C)c4ccccc4c4ccccc34)c2cn1.[Ir]. The molecule has 12 rings (SSSR count). The van der Waals surface area contributed by atoms with Gasteiger partial charge in [0.05, 0.1) is 59.7 Å². The summed E-state index contributed by atoms with van der Waals surface area (Å²) in [5.74, 6) is 0.998. The number of nitrogens with zero attached hydrogens (tertiary/aromatic N) is 6. The van der Waals surface area contributed by atoms with Gasteiger partial charge in [0.1, 0.15) is 0 Å². The molecule has 0 aliphatic carbocycles. The maximum Gasteiger partial charge on any atom is 0.216 e. The zero-order chi connectivity index (χ0) is 50.7. The minimum absolute atomic E-state index is 0. The molecule has 365 valence electrons. The van der Waals surface area contributed by atoms with Gasteiger partial charge in [-0.15, -0.1) is 53.6 Å². The van der Waals surface area contributed by atoms with E-state index < -0.39 is 8.07 Å². The summed E-state index contributed by atoms with van der Waals surface area (Å²) in [5.41, 5.74) is 17.4. The van der Waals surface area contributed by atoms with Crippen molar-refractivity contribution in [1.29, 1.82) is 5.26 Å². The van der Waals surface area contributed by atoms with Gasteiger partial charge in [0.25, 0.3) is 0 Å². The third kappa shape index (κ3) is 8.73. The van der Waals surface area contributed by atoms with Crippen LogP contribution in [0.25, 0.3) is 105 Å². The number of imidazole rings is 1. The van der Waals surface area contributed by atoms with E-state index in [4.69, 9.17) is 19.4 Å². The summed E-state index contributed by atoms with van der Waals surface area (Å²) in [4.78, 5) is 19.9. The molecule has 0 atom stereocenters. The van der Waals surface area contributed by atoms with Crippen LogP contribution >= 0.6 is 0 Å². The first kappa shape index (κ1) is 49.7. The van der Waals surface area contributed by atoms with E-state index in [1.165, 1.54) is 43.4 Å². The Balaban J connectivity index is 0.000000211. The van der Waals surface area contributed by atoms with Gasteiger partial charge in [-0.25, -0.2) is 4.98 Å². The van der Waals surface area contributed by atoms with Crippen molar-refractivity contribution >= 4 is 67.9 Å². The van der Waals surface area contributed by atoms with Gasteiger partial charge in [0, 0.05) is 48.3 Å². The molecule has 5 aromatic heterocycles. The first-order chi connectivity index (χ1) is 35.3. The Bertz CT molecular complexity index is 4160. The van der Waals surface area contributed by atoms with Crippen molar-refractivity contribution in [3.05, 3.63) is 204 Å². The summed E-state index contributed by atoms with van der Waals surface area (Å²) < 4.78 is 9.10. The van der Waals surface area contributed by atoms with Crippen LogP contribution in [0.15, 0.2) is 162 Å². The normalized spacial score (nSPS) is 11.6. The van der Waals surface area contributed by atoms with Crippen LogP contribution in [0.4, 0.5) is 0 Å². The van der Waals surface area contributed by atoms with Crippen molar-refractivity contribution < 1.29 is 24.5 Å². The van der Waals surface area contributed by atoms with E-state index >= 15 is 0 Å². The minimum Gasteiger partial charge on any atom is -0.486 e. The van der Waals surface area contributed by atoms with Crippen molar-refractivity contribution in [2.24, 2.45) is 0 Å². The van der Waals surface area contributed by atoms with E-state index in [9.17, 15) is 5.26 Å². The second-order valence-electron chi connectivity index (χ2n) is 20.4. The summed E-state index contributed by atoms with van der Waals surface area (Å²) in [7, 11) is -1.60. The molecule has 7 aromatic carbocycles. The quantitative estimate of drug-likeness (QED) is 0.0897. The Morgan fingerprint density at radius 3 is 2.04 bits per heavy atom. The standard InChI is InChI=1S/C44H35N4O.C21H19N2Si.Ir/c1-24(2)38-31-16-9-7-14-29(31)30-15-8-10-17-32(30)41(38)48-37-23-45-28(6)22-36(37)46-43(48)34-19-18-27(5)40-33-20-21-35(47-44(33)49-42(34)40)39-25(3)12-11-13-26(39)4;1-24(2,3)21-15-23-20(16-9-5-4-6-10-16)13-19(21)18-12-8-7-11-17(18)14-22;/h7-18,20-24H,1-6H3;4-9,11-13,15H,1-3H3;/q2*-1;. The molecule has 74 heavy (non-hydrogen) atoms. The van der Waals surface area contributed by atoms with Gasteiger partial charge in [-0.2, -0.15) is 5.26 Å². The predicted octanol–water partition coefficient (Wildman–Crippen LogP) is 16.1. The zero-order valence-electron chi connectivity index (χ0n) is 43.0. The molecule has 0 amide bonds. The van der Waals surface area contributed by atoms with Crippen molar-refractivity contribution in [2.75, 3.05) is 0 Å². The monoisotopic (exact) mass is 1160 g/mol. The van der Waals surface area contributed by atoms with E-state index in [0.717, 1.165) is 89.4 Å². The molecular formula is C65H54IrN6OSi-2. The molecule has 0 saturated carbocycles. The molecule has 0 spiro atoms. The smallest absolute Gasteiger partial charge is 0.216 e. The number of aromatic nitrogens is 5. The third-order valence-corrected chi connectivity index (χ3v) is 16.0. The Labute approximate surface area is 447 Å². The molecule has 7 nitrogen and oxygen atoms in total. The van der Waals surface area contributed by atoms with Gasteiger partial charge in [-0.1, -0.05) is 142 Å². The zero-order valence-corrected chi connectivity index (χ0v) is 46.4. The number of furan rings is 1. The second kappa shape index (κ2) is 19.9. The summed E-state index contributed by atoms with van der Waals surface area (Å²) >= 11 is 0. The molecule has 0 fully saturated rings. The van der Waals surface area contributed by atoms with Crippen molar-refractivity contribution in [3.8, 4) is 56.8 Å². The molecule has 0 bridgehead atoms. The second-order valence-corrected chi connectivity index (χ2v) is 25.4. The Hall–Kier alpha value is -7.86.